The highest BCUT2D eigenvalue weighted by molar-refractivity contribution is 7.98. The van der Waals surface area contributed by atoms with Gasteiger partial charge in [0.2, 0.25) is 5.91 Å². The van der Waals surface area contributed by atoms with E-state index in [1.165, 1.54) is 0 Å². The summed E-state index contributed by atoms with van der Waals surface area (Å²) >= 11 is 1.75. The van der Waals surface area contributed by atoms with Crippen LogP contribution < -0.4 is 10.6 Å². The van der Waals surface area contributed by atoms with Crippen LogP contribution in [0.2, 0.25) is 0 Å². The molecule has 1 saturated heterocycles. The molecule has 1 fully saturated rings. The highest BCUT2D eigenvalue weighted by Crippen LogP contribution is 2.37. The average Bonchev–Trinajstić information content (AvgIpc) is 3.28. The quantitative estimate of drug-likeness (QED) is 0.583. The Kier molecular flexibility index (Phi) is 5.78. The van der Waals surface area contributed by atoms with E-state index in [1.807, 2.05) is 20.8 Å². The zero-order chi connectivity index (χ0) is 19.6. The van der Waals surface area contributed by atoms with Crippen molar-refractivity contribution in [3.05, 3.63) is 11.3 Å². The van der Waals surface area contributed by atoms with Gasteiger partial charge in [0.25, 0.3) is 0 Å². The molecule has 1 aromatic rings. The first-order valence-corrected chi connectivity index (χ1v) is 10.5. The third kappa shape index (κ3) is 4.45. The molecular formula is C18H27N5O3S. The molecule has 0 atom stereocenters. The molecule has 0 radical (unpaired) electrons. The topological polar surface area (TPSA) is 96.3 Å². The van der Waals surface area contributed by atoms with Crippen molar-refractivity contribution in [2.45, 2.75) is 57.1 Å². The monoisotopic (exact) mass is 393 g/mol. The fraction of sp³-hybridized carbons (Fsp3) is 0.667. The molecule has 0 unspecified atom stereocenters. The van der Waals surface area contributed by atoms with Crippen LogP contribution in [0.25, 0.3) is 0 Å². The smallest absolute Gasteiger partial charge is 0.314 e. The molecule has 0 spiro atoms. The van der Waals surface area contributed by atoms with E-state index < -0.39 is 11.8 Å². The van der Waals surface area contributed by atoms with Gasteiger partial charge in [0.1, 0.15) is 5.82 Å². The van der Waals surface area contributed by atoms with Crippen LogP contribution in [0.5, 0.6) is 0 Å². The second-order valence-corrected chi connectivity index (χ2v) is 8.88. The summed E-state index contributed by atoms with van der Waals surface area (Å²) < 4.78 is 1.79. The molecule has 0 bridgehead atoms. The number of hydrogen-bond acceptors (Lipinski definition) is 5. The molecule has 2 aliphatic rings. The Morgan fingerprint density at radius 3 is 2.67 bits per heavy atom. The fourth-order valence-electron chi connectivity index (χ4n) is 3.28. The number of anilines is 1. The van der Waals surface area contributed by atoms with Crippen LogP contribution >= 0.6 is 11.8 Å². The highest BCUT2D eigenvalue weighted by atomic mass is 32.2. The van der Waals surface area contributed by atoms with Crippen LogP contribution in [-0.2, 0) is 31.4 Å². The van der Waals surface area contributed by atoms with E-state index in [2.05, 4.69) is 15.7 Å². The zero-order valence-electron chi connectivity index (χ0n) is 16.1. The van der Waals surface area contributed by atoms with Crippen LogP contribution in [-0.4, -0.2) is 52.0 Å². The highest BCUT2D eigenvalue weighted by Gasteiger charge is 2.30. The Morgan fingerprint density at radius 1 is 1.22 bits per heavy atom. The first-order chi connectivity index (χ1) is 12.8. The summed E-state index contributed by atoms with van der Waals surface area (Å²) in [7, 11) is 0. The number of carbonyl (C=O) groups excluding carboxylic acids is 3. The van der Waals surface area contributed by atoms with Gasteiger partial charge in [0.05, 0.1) is 11.2 Å². The van der Waals surface area contributed by atoms with Crippen molar-refractivity contribution in [3.8, 4) is 0 Å². The number of aromatic nitrogens is 2. The molecule has 3 amide bonds. The molecule has 0 aliphatic carbocycles. The molecular weight excluding hydrogens is 366 g/mol. The van der Waals surface area contributed by atoms with E-state index in [9.17, 15) is 14.4 Å². The van der Waals surface area contributed by atoms with Gasteiger partial charge in [-0.05, 0) is 33.6 Å². The number of rotatable bonds is 5. The molecule has 3 heterocycles. The van der Waals surface area contributed by atoms with Gasteiger partial charge in [-0.2, -0.15) is 16.9 Å². The Balaban J connectivity index is 1.54. The predicted octanol–water partition coefficient (Wildman–Crippen LogP) is 1.45. The summed E-state index contributed by atoms with van der Waals surface area (Å²) in [6.07, 6.45) is 2.15. The van der Waals surface area contributed by atoms with Gasteiger partial charge in [-0.1, -0.05) is 0 Å². The minimum absolute atomic E-state index is 0.168. The molecule has 27 heavy (non-hydrogen) atoms. The maximum absolute atomic E-state index is 12.4. The van der Waals surface area contributed by atoms with Crippen molar-refractivity contribution in [2.75, 3.05) is 25.0 Å². The summed E-state index contributed by atoms with van der Waals surface area (Å²) in [5, 5.41) is 10.0. The van der Waals surface area contributed by atoms with Gasteiger partial charge in [-0.15, -0.1) is 0 Å². The summed E-state index contributed by atoms with van der Waals surface area (Å²) in [6.45, 7) is 7.80. The molecule has 148 valence electrons. The van der Waals surface area contributed by atoms with Crippen molar-refractivity contribution < 1.29 is 14.4 Å². The van der Waals surface area contributed by atoms with E-state index in [4.69, 9.17) is 0 Å². The number of amides is 3. The lowest BCUT2D eigenvalue weighted by Crippen LogP contribution is -2.38. The maximum Gasteiger partial charge on any atom is 0.314 e. The Morgan fingerprint density at radius 2 is 2.00 bits per heavy atom. The van der Waals surface area contributed by atoms with Crippen LogP contribution in [0, 0.1) is 0 Å². The number of nitrogens with one attached hydrogen (secondary N) is 2. The van der Waals surface area contributed by atoms with Crippen molar-refractivity contribution in [1.82, 2.24) is 20.0 Å². The van der Waals surface area contributed by atoms with E-state index in [0.717, 1.165) is 35.7 Å². The van der Waals surface area contributed by atoms with Gasteiger partial charge in [0.15, 0.2) is 0 Å². The molecule has 2 N–H and O–H groups in total. The summed E-state index contributed by atoms with van der Waals surface area (Å²) in [5.74, 6) is 1.04. The minimum Gasteiger partial charge on any atom is -0.348 e. The first-order valence-electron chi connectivity index (χ1n) is 9.33. The Labute approximate surface area is 163 Å². The maximum atomic E-state index is 12.4. The summed E-state index contributed by atoms with van der Waals surface area (Å²) in [4.78, 5) is 37.9. The molecule has 9 heteroatoms. The average molecular weight is 394 g/mol. The van der Waals surface area contributed by atoms with Crippen molar-refractivity contribution >= 4 is 35.3 Å². The third-order valence-electron chi connectivity index (χ3n) is 4.69. The number of likely N-dealkylation sites (tertiary alicyclic amines) is 1. The van der Waals surface area contributed by atoms with E-state index >= 15 is 0 Å². The number of thioether (sulfide) groups is 1. The fourth-order valence-corrected chi connectivity index (χ4v) is 4.32. The van der Waals surface area contributed by atoms with Gasteiger partial charge < -0.3 is 15.5 Å². The Hall–Kier alpha value is -2.03. The molecule has 0 aromatic carbocycles. The first kappa shape index (κ1) is 19.7. The normalized spacial score (nSPS) is 16.6. The van der Waals surface area contributed by atoms with Crippen LogP contribution in [0.4, 0.5) is 5.82 Å². The molecule has 1 aromatic heterocycles. The Bertz CT molecular complexity index is 753. The minimum atomic E-state index is -0.683. The lowest BCUT2D eigenvalue weighted by Gasteiger charge is -2.23. The van der Waals surface area contributed by atoms with E-state index in [0.29, 0.717) is 31.7 Å². The standard InChI is InChI=1S/C18H27N5O3S/c1-18(2,3)23-15(12-10-27-11-13(12)21-23)20-17(26)16(25)19-7-5-9-22-8-4-6-14(22)24/h4-11H2,1-3H3,(H,19,25)(H,20,26). The molecule has 8 nitrogen and oxygen atoms in total. The van der Waals surface area contributed by atoms with Gasteiger partial charge in [-0.25, -0.2) is 4.68 Å². The number of carbonyl (C=O) groups is 3. The van der Waals surface area contributed by atoms with E-state index in [1.54, 1.807) is 21.3 Å². The van der Waals surface area contributed by atoms with Crippen LogP contribution in [0.15, 0.2) is 0 Å². The van der Waals surface area contributed by atoms with Gasteiger partial charge >= 0.3 is 11.8 Å². The van der Waals surface area contributed by atoms with E-state index in [-0.39, 0.29) is 11.4 Å². The van der Waals surface area contributed by atoms with Crippen LogP contribution in [0.3, 0.4) is 0 Å². The lowest BCUT2D eigenvalue weighted by atomic mass is 10.1. The van der Waals surface area contributed by atoms with Crippen molar-refractivity contribution in [3.63, 3.8) is 0 Å². The number of hydrogen-bond donors (Lipinski definition) is 2. The van der Waals surface area contributed by atoms with Gasteiger partial charge in [0, 0.05) is 43.1 Å². The van der Waals surface area contributed by atoms with Crippen LogP contribution in [0.1, 0.15) is 51.3 Å². The third-order valence-corrected chi connectivity index (χ3v) is 5.66. The predicted molar refractivity (Wildman–Crippen MR) is 104 cm³/mol. The SMILES string of the molecule is CC(C)(C)n1nc2c(c1NC(=O)C(=O)NCCCN1CCCC1=O)CSC2. The van der Waals surface area contributed by atoms with Crippen molar-refractivity contribution in [1.29, 1.82) is 0 Å². The second kappa shape index (κ2) is 7.92. The molecule has 2 aliphatic heterocycles. The lowest BCUT2D eigenvalue weighted by molar-refractivity contribution is -0.136. The summed E-state index contributed by atoms with van der Waals surface area (Å²) in [5.41, 5.74) is 1.68. The van der Waals surface area contributed by atoms with Gasteiger partial charge in [-0.3, -0.25) is 14.4 Å². The zero-order valence-corrected chi connectivity index (χ0v) is 16.9. The largest absolute Gasteiger partial charge is 0.348 e. The number of nitrogens with zero attached hydrogens (tertiary/aromatic N) is 3. The molecule has 3 rings (SSSR count). The van der Waals surface area contributed by atoms with Crippen molar-refractivity contribution in [2.24, 2.45) is 0 Å². The second-order valence-electron chi connectivity index (χ2n) is 7.90. The summed E-state index contributed by atoms with van der Waals surface area (Å²) in [6, 6.07) is 0. The molecule has 0 saturated carbocycles. The number of fused-ring (bicyclic) bond motifs is 1.